The van der Waals surface area contributed by atoms with Crippen molar-refractivity contribution in [2.24, 2.45) is 7.05 Å². The van der Waals surface area contributed by atoms with E-state index in [0.717, 1.165) is 43.9 Å². The van der Waals surface area contributed by atoms with Crippen molar-refractivity contribution in [2.45, 2.75) is 12.5 Å². The summed E-state index contributed by atoms with van der Waals surface area (Å²) >= 11 is 0. The van der Waals surface area contributed by atoms with Crippen LogP contribution < -0.4 is 20.8 Å². The van der Waals surface area contributed by atoms with Crippen LogP contribution >= 0.6 is 0 Å². The molecular formula is C24H29N7O2. The predicted octanol–water partition coefficient (Wildman–Crippen LogP) is 2.55. The number of aromatic nitrogens is 3. The molecule has 0 saturated carbocycles. The molecule has 2 fully saturated rings. The monoisotopic (exact) mass is 447 g/mol. The van der Waals surface area contributed by atoms with Crippen LogP contribution in [0.5, 0.6) is 0 Å². The molecule has 2 aliphatic heterocycles. The van der Waals surface area contributed by atoms with Gasteiger partial charge in [-0.05, 0) is 42.9 Å². The molecule has 0 radical (unpaired) electrons. The Morgan fingerprint density at radius 1 is 1.00 bits per heavy atom. The first-order chi connectivity index (χ1) is 16.1. The summed E-state index contributed by atoms with van der Waals surface area (Å²) in [6, 6.07) is 13.8. The van der Waals surface area contributed by atoms with Gasteiger partial charge in [-0.1, -0.05) is 0 Å². The zero-order valence-corrected chi connectivity index (χ0v) is 19.0. The summed E-state index contributed by atoms with van der Waals surface area (Å²) in [4.78, 5) is 31.2. The molecule has 2 aliphatic rings. The molecule has 0 bridgehead atoms. The third-order valence-corrected chi connectivity index (χ3v) is 6.28. The van der Waals surface area contributed by atoms with Gasteiger partial charge in [0.2, 0.25) is 5.56 Å². The Morgan fingerprint density at radius 2 is 1.79 bits per heavy atom. The van der Waals surface area contributed by atoms with Gasteiger partial charge in [0.1, 0.15) is 12.1 Å². The molecule has 4 heterocycles. The largest absolute Gasteiger partial charge is 0.369 e. The van der Waals surface area contributed by atoms with E-state index in [2.05, 4.69) is 56.4 Å². The molecule has 9 heteroatoms. The van der Waals surface area contributed by atoms with Crippen molar-refractivity contribution >= 4 is 23.0 Å². The Morgan fingerprint density at radius 3 is 2.55 bits per heavy atom. The number of nitrogens with one attached hydrogen (secondary N) is 1. The van der Waals surface area contributed by atoms with Crippen LogP contribution in [-0.4, -0.2) is 59.3 Å². The number of anilines is 4. The second kappa shape index (κ2) is 9.21. The van der Waals surface area contributed by atoms with Crippen molar-refractivity contribution in [1.82, 2.24) is 19.4 Å². The van der Waals surface area contributed by atoms with E-state index in [-0.39, 0.29) is 11.6 Å². The fourth-order valence-electron chi connectivity index (χ4n) is 4.31. The van der Waals surface area contributed by atoms with Crippen molar-refractivity contribution in [3.05, 3.63) is 70.9 Å². The van der Waals surface area contributed by atoms with Crippen molar-refractivity contribution in [2.75, 3.05) is 55.1 Å². The standard InChI is InChI=1S/C24H29N7O2/c1-28-10-12-30(13-11-28)20-6-4-19(5-7-20)27-22-15-23(26-17-25-22)31-21(9-14-33-31)18-3-8-24(32)29(2)16-18/h3-8,15-17,21H,9-14H2,1-2H3,(H,25,26,27). The van der Waals surface area contributed by atoms with E-state index in [1.807, 2.05) is 23.4 Å². The zero-order chi connectivity index (χ0) is 22.8. The van der Waals surface area contributed by atoms with E-state index in [4.69, 9.17) is 4.84 Å². The average Bonchev–Trinajstić information content (AvgIpc) is 3.32. The molecule has 1 unspecified atom stereocenters. The topological polar surface area (TPSA) is 78.8 Å². The minimum absolute atomic E-state index is 0.0116. The summed E-state index contributed by atoms with van der Waals surface area (Å²) in [5.74, 6) is 1.37. The quantitative estimate of drug-likeness (QED) is 0.639. The van der Waals surface area contributed by atoms with Gasteiger partial charge in [-0.25, -0.2) is 15.0 Å². The number of rotatable bonds is 5. The molecule has 1 N–H and O–H groups in total. The molecule has 1 atom stereocenters. The number of benzene rings is 1. The zero-order valence-electron chi connectivity index (χ0n) is 19.0. The Kier molecular flexibility index (Phi) is 5.97. The highest BCUT2D eigenvalue weighted by atomic mass is 16.7. The van der Waals surface area contributed by atoms with Gasteiger partial charge in [0.25, 0.3) is 0 Å². The van der Waals surface area contributed by atoms with Gasteiger partial charge in [0.15, 0.2) is 5.82 Å². The number of nitrogens with zero attached hydrogens (tertiary/aromatic N) is 6. The third kappa shape index (κ3) is 4.69. The van der Waals surface area contributed by atoms with Crippen LogP contribution in [0, 0.1) is 0 Å². The lowest BCUT2D eigenvalue weighted by atomic mass is 10.1. The summed E-state index contributed by atoms with van der Waals surface area (Å²) in [7, 11) is 3.92. The van der Waals surface area contributed by atoms with Crippen LogP contribution in [0.1, 0.15) is 18.0 Å². The highest BCUT2D eigenvalue weighted by Crippen LogP contribution is 2.34. The number of pyridine rings is 1. The van der Waals surface area contributed by atoms with Gasteiger partial charge in [0, 0.05) is 69.4 Å². The van der Waals surface area contributed by atoms with Crippen molar-refractivity contribution in [3.8, 4) is 0 Å². The van der Waals surface area contributed by atoms with Crippen molar-refractivity contribution in [3.63, 3.8) is 0 Å². The number of aryl methyl sites for hydroxylation is 1. The first-order valence-corrected chi connectivity index (χ1v) is 11.3. The molecule has 1 aromatic carbocycles. The van der Waals surface area contributed by atoms with E-state index in [1.165, 1.54) is 12.0 Å². The first-order valence-electron chi connectivity index (χ1n) is 11.3. The number of likely N-dealkylation sites (N-methyl/N-ethyl adjacent to an activating group) is 1. The van der Waals surface area contributed by atoms with Gasteiger partial charge in [-0.3, -0.25) is 9.63 Å². The van der Waals surface area contributed by atoms with E-state index in [0.29, 0.717) is 18.2 Å². The molecule has 9 nitrogen and oxygen atoms in total. The lowest BCUT2D eigenvalue weighted by Gasteiger charge is -2.34. The average molecular weight is 448 g/mol. The summed E-state index contributed by atoms with van der Waals surface area (Å²) in [6.07, 6.45) is 4.21. The van der Waals surface area contributed by atoms with Gasteiger partial charge in [-0.15, -0.1) is 0 Å². The Hall–Kier alpha value is -3.43. The second-order valence-corrected chi connectivity index (χ2v) is 8.60. The molecule has 0 amide bonds. The maximum atomic E-state index is 11.8. The van der Waals surface area contributed by atoms with E-state index >= 15 is 0 Å². The number of hydroxylamine groups is 1. The maximum Gasteiger partial charge on any atom is 0.250 e. The lowest BCUT2D eigenvalue weighted by Crippen LogP contribution is -2.44. The van der Waals surface area contributed by atoms with Gasteiger partial charge in [-0.2, -0.15) is 0 Å². The molecule has 3 aromatic rings. The number of hydrogen-bond acceptors (Lipinski definition) is 8. The number of hydrogen-bond donors (Lipinski definition) is 1. The summed E-state index contributed by atoms with van der Waals surface area (Å²) in [5.41, 5.74) is 3.19. The van der Waals surface area contributed by atoms with Gasteiger partial charge < -0.3 is 19.7 Å². The lowest BCUT2D eigenvalue weighted by molar-refractivity contribution is 0.156. The third-order valence-electron chi connectivity index (χ3n) is 6.28. The van der Waals surface area contributed by atoms with E-state index in [1.54, 1.807) is 17.7 Å². The molecular weight excluding hydrogens is 418 g/mol. The highest BCUT2D eigenvalue weighted by molar-refractivity contribution is 5.62. The minimum Gasteiger partial charge on any atom is -0.369 e. The molecule has 5 rings (SSSR count). The fourth-order valence-corrected chi connectivity index (χ4v) is 4.31. The minimum atomic E-state index is -0.0311. The van der Waals surface area contributed by atoms with Crippen LogP contribution in [0.25, 0.3) is 0 Å². The normalized spacial score (nSPS) is 19.2. The van der Waals surface area contributed by atoms with Crippen LogP contribution in [-0.2, 0) is 11.9 Å². The fraction of sp³-hybridized carbons (Fsp3) is 0.375. The number of piperazine rings is 1. The molecule has 0 spiro atoms. The van der Waals surface area contributed by atoms with Crippen LogP contribution in [0.3, 0.4) is 0 Å². The molecule has 2 aromatic heterocycles. The highest BCUT2D eigenvalue weighted by Gasteiger charge is 2.29. The Balaban J connectivity index is 1.30. The Labute approximate surface area is 193 Å². The van der Waals surface area contributed by atoms with Gasteiger partial charge in [0.05, 0.1) is 12.6 Å². The van der Waals surface area contributed by atoms with Crippen LogP contribution in [0.15, 0.2) is 59.8 Å². The van der Waals surface area contributed by atoms with Gasteiger partial charge >= 0.3 is 0 Å². The van der Waals surface area contributed by atoms with Crippen LogP contribution in [0.4, 0.5) is 23.0 Å². The molecule has 33 heavy (non-hydrogen) atoms. The first kappa shape index (κ1) is 21.4. The van der Waals surface area contributed by atoms with E-state index < -0.39 is 0 Å². The smallest absolute Gasteiger partial charge is 0.250 e. The predicted molar refractivity (Wildman–Crippen MR) is 129 cm³/mol. The summed E-state index contributed by atoms with van der Waals surface area (Å²) in [6.45, 7) is 4.86. The Bertz CT molecular complexity index is 1160. The summed E-state index contributed by atoms with van der Waals surface area (Å²) in [5, 5.41) is 5.18. The van der Waals surface area contributed by atoms with Crippen LogP contribution in [0.2, 0.25) is 0 Å². The molecule has 0 aliphatic carbocycles. The SMILES string of the molecule is CN1CCN(c2ccc(Nc3cc(N4OCCC4c4ccc(=O)n(C)c4)ncn3)cc2)CC1. The van der Waals surface area contributed by atoms with E-state index in [9.17, 15) is 4.79 Å². The van der Waals surface area contributed by atoms with Crippen molar-refractivity contribution in [1.29, 1.82) is 0 Å². The maximum absolute atomic E-state index is 11.8. The van der Waals surface area contributed by atoms with Crippen molar-refractivity contribution < 1.29 is 4.84 Å². The molecule has 172 valence electrons. The second-order valence-electron chi connectivity index (χ2n) is 8.60. The molecule has 2 saturated heterocycles. The summed E-state index contributed by atoms with van der Waals surface area (Å²) < 4.78 is 1.59.